The number of aliphatic hydroxyl groups excluding tert-OH is 1. The molecule has 0 atom stereocenters. The van der Waals surface area contributed by atoms with Gasteiger partial charge in [-0.15, -0.1) is 0 Å². The normalized spacial score (nSPS) is 11.4. The van der Waals surface area contributed by atoms with Gasteiger partial charge < -0.3 is 15.7 Å². The van der Waals surface area contributed by atoms with Crippen LogP contribution in [-0.2, 0) is 12.7 Å². The number of nitrogens with one attached hydrogen (secondary N) is 2. The average Bonchev–Trinajstić information content (AvgIpc) is 2.75. The first-order valence-electron chi connectivity index (χ1n) is 9.35. The molecule has 0 aliphatic heterocycles. The van der Waals surface area contributed by atoms with Crippen molar-refractivity contribution in [1.82, 2.24) is 10.3 Å². The lowest BCUT2D eigenvalue weighted by molar-refractivity contribution is -0.141. The number of anilines is 1. The monoisotopic (exact) mass is 449 g/mol. The Balaban J connectivity index is 1.87. The third-order valence-corrected chi connectivity index (χ3v) is 4.83. The third kappa shape index (κ3) is 5.61. The number of hydrogen-bond donors (Lipinski definition) is 3. The molecule has 2 aromatic carbocycles. The van der Waals surface area contributed by atoms with E-state index in [9.17, 15) is 18.0 Å². The summed E-state index contributed by atoms with van der Waals surface area (Å²) in [6, 6.07) is 16.6. The molecule has 1 aromatic heterocycles. The summed E-state index contributed by atoms with van der Waals surface area (Å²) in [6.45, 7) is -0.181. The molecule has 1 heterocycles. The van der Waals surface area contributed by atoms with E-state index < -0.39 is 17.8 Å². The Hall–Kier alpha value is -2.94. The van der Waals surface area contributed by atoms with E-state index >= 15 is 0 Å². The summed E-state index contributed by atoms with van der Waals surface area (Å²) < 4.78 is 40.3. The van der Waals surface area contributed by atoms with E-state index in [2.05, 4.69) is 15.6 Å². The van der Waals surface area contributed by atoms with Crippen molar-refractivity contribution >= 4 is 23.3 Å². The summed E-state index contributed by atoms with van der Waals surface area (Å²) in [7, 11) is 0. The van der Waals surface area contributed by atoms with Crippen LogP contribution in [0.5, 0.6) is 0 Å². The Labute approximate surface area is 181 Å². The van der Waals surface area contributed by atoms with Crippen LogP contribution >= 0.6 is 11.6 Å². The lowest BCUT2D eigenvalue weighted by Crippen LogP contribution is -2.22. The number of hydrogen-bond acceptors (Lipinski definition) is 4. The number of carbonyl (C=O) groups excluding carboxylic acids is 1. The van der Waals surface area contributed by atoms with E-state index in [-0.39, 0.29) is 41.7 Å². The molecule has 0 unspecified atom stereocenters. The SMILES string of the molecule is O=C(Nc1ccc(CNCCO)c(C(F)(F)F)n1)c1cccc(-c2ccccc2)c1Cl. The Morgan fingerprint density at radius 3 is 2.45 bits per heavy atom. The summed E-state index contributed by atoms with van der Waals surface area (Å²) in [5.41, 5.74) is 0.346. The third-order valence-electron chi connectivity index (χ3n) is 4.42. The van der Waals surface area contributed by atoms with Gasteiger partial charge in [0, 0.05) is 18.7 Å². The largest absolute Gasteiger partial charge is 0.433 e. The van der Waals surface area contributed by atoms with Crippen LogP contribution in [-0.4, -0.2) is 29.1 Å². The number of pyridine rings is 1. The van der Waals surface area contributed by atoms with Gasteiger partial charge in [0.25, 0.3) is 5.91 Å². The fourth-order valence-corrected chi connectivity index (χ4v) is 3.30. The van der Waals surface area contributed by atoms with Crippen molar-refractivity contribution in [2.45, 2.75) is 12.7 Å². The van der Waals surface area contributed by atoms with Gasteiger partial charge in [0.1, 0.15) is 5.82 Å². The zero-order valence-corrected chi connectivity index (χ0v) is 17.0. The van der Waals surface area contributed by atoms with Gasteiger partial charge in [0.2, 0.25) is 0 Å². The molecule has 3 aromatic rings. The lowest BCUT2D eigenvalue weighted by atomic mass is 10.0. The van der Waals surface area contributed by atoms with Crippen LogP contribution in [0.25, 0.3) is 11.1 Å². The van der Waals surface area contributed by atoms with E-state index in [0.29, 0.717) is 5.56 Å². The Morgan fingerprint density at radius 1 is 1.03 bits per heavy atom. The first-order chi connectivity index (χ1) is 14.8. The predicted octanol–water partition coefficient (Wildman–Crippen LogP) is 4.76. The summed E-state index contributed by atoms with van der Waals surface area (Å²) >= 11 is 6.41. The highest BCUT2D eigenvalue weighted by Gasteiger charge is 2.35. The maximum absolute atomic E-state index is 13.4. The highest BCUT2D eigenvalue weighted by Crippen LogP contribution is 2.33. The van der Waals surface area contributed by atoms with Crippen LogP contribution in [0.1, 0.15) is 21.6 Å². The second-order valence-corrected chi connectivity index (χ2v) is 6.97. The molecule has 0 aliphatic rings. The number of amides is 1. The molecule has 0 spiro atoms. The minimum Gasteiger partial charge on any atom is -0.395 e. The molecule has 0 saturated carbocycles. The molecule has 162 valence electrons. The number of benzene rings is 2. The van der Waals surface area contributed by atoms with Gasteiger partial charge in [0.15, 0.2) is 5.69 Å². The number of halogens is 4. The van der Waals surface area contributed by atoms with E-state index in [4.69, 9.17) is 16.7 Å². The maximum Gasteiger partial charge on any atom is 0.433 e. The quantitative estimate of drug-likeness (QED) is 0.455. The minimum absolute atomic E-state index is 0.0944. The van der Waals surface area contributed by atoms with Gasteiger partial charge in [0.05, 0.1) is 17.2 Å². The van der Waals surface area contributed by atoms with E-state index in [1.807, 2.05) is 30.3 Å². The van der Waals surface area contributed by atoms with Gasteiger partial charge in [-0.3, -0.25) is 4.79 Å². The molecular formula is C22H19ClF3N3O2. The van der Waals surface area contributed by atoms with Crippen molar-refractivity contribution in [3.8, 4) is 11.1 Å². The average molecular weight is 450 g/mol. The standard InChI is InChI=1S/C22H19ClF3N3O2/c23-19-16(14-5-2-1-3-6-14)7-4-8-17(19)21(31)29-18-10-9-15(13-27-11-12-30)20(28-18)22(24,25)26/h1-10,27,30H,11-13H2,(H,28,29,31). The maximum atomic E-state index is 13.4. The molecule has 5 nitrogen and oxygen atoms in total. The van der Waals surface area contributed by atoms with Gasteiger partial charge in [-0.05, 0) is 23.3 Å². The van der Waals surface area contributed by atoms with Crippen molar-refractivity contribution in [1.29, 1.82) is 0 Å². The molecule has 3 N–H and O–H groups in total. The zero-order valence-electron chi connectivity index (χ0n) is 16.2. The van der Waals surface area contributed by atoms with Crippen LogP contribution in [0, 0.1) is 0 Å². The highest BCUT2D eigenvalue weighted by molar-refractivity contribution is 6.37. The van der Waals surface area contributed by atoms with E-state index in [1.165, 1.54) is 18.2 Å². The van der Waals surface area contributed by atoms with Crippen molar-refractivity contribution < 1.29 is 23.1 Å². The second kappa shape index (κ2) is 9.91. The number of carbonyl (C=O) groups is 1. The van der Waals surface area contributed by atoms with Gasteiger partial charge in [-0.25, -0.2) is 4.98 Å². The van der Waals surface area contributed by atoms with Crippen LogP contribution < -0.4 is 10.6 Å². The second-order valence-electron chi connectivity index (χ2n) is 6.59. The van der Waals surface area contributed by atoms with E-state index in [1.54, 1.807) is 12.1 Å². The van der Waals surface area contributed by atoms with Gasteiger partial charge in [-0.2, -0.15) is 13.2 Å². The van der Waals surface area contributed by atoms with E-state index in [0.717, 1.165) is 5.56 Å². The number of alkyl halides is 3. The first-order valence-corrected chi connectivity index (χ1v) is 9.73. The van der Waals surface area contributed by atoms with Crippen LogP contribution in [0.4, 0.5) is 19.0 Å². The lowest BCUT2D eigenvalue weighted by Gasteiger charge is -2.15. The smallest absolute Gasteiger partial charge is 0.395 e. The summed E-state index contributed by atoms with van der Waals surface area (Å²) in [5.74, 6) is -0.918. The fraction of sp³-hybridized carbons (Fsp3) is 0.182. The van der Waals surface area contributed by atoms with Crippen LogP contribution in [0.2, 0.25) is 5.02 Å². The highest BCUT2D eigenvalue weighted by atomic mass is 35.5. The molecule has 1 amide bonds. The Kier molecular flexibility index (Phi) is 7.27. The van der Waals surface area contributed by atoms with Gasteiger partial charge in [-0.1, -0.05) is 60.1 Å². The molecule has 3 rings (SSSR count). The molecule has 0 saturated heterocycles. The summed E-state index contributed by atoms with van der Waals surface area (Å²) in [6.07, 6.45) is -4.71. The number of nitrogens with zero attached hydrogens (tertiary/aromatic N) is 1. The van der Waals surface area contributed by atoms with Crippen molar-refractivity contribution in [2.24, 2.45) is 0 Å². The molecule has 9 heteroatoms. The molecule has 0 fully saturated rings. The molecule has 0 aliphatic carbocycles. The number of aliphatic hydroxyl groups is 1. The van der Waals surface area contributed by atoms with Crippen molar-refractivity contribution in [2.75, 3.05) is 18.5 Å². The van der Waals surface area contributed by atoms with Crippen molar-refractivity contribution in [3.05, 3.63) is 82.5 Å². The number of aromatic nitrogens is 1. The topological polar surface area (TPSA) is 74.2 Å². The summed E-state index contributed by atoms with van der Waals surface area (Å²) in [4.78, 5) is 16.3. The predicted molar refractivity (Wildman–Crippen MR) is 113 cm³/mol. The Bertz CT molecular complexity index is 1060. The molecule has 0 bridgehead atoms. The molecule has 0 radical (unpaired) electrons. The van der Waals surface area contributed by atoms with Crippen molar-refractivity contribution in [3.63, 3.8) is 0 Å². The Morgan fingerprint density at radius 2 is 1.77 bits per heavy atom. The summed E-state index contributed by atoms with van der Waals surface area (Å²) in [5, 5.41) is 14.0. The zero-order chi connectivity index (χ0) is 22.4. The van der Waals surface area contributed by atoms with Crippen LogP contribution in [0.15, 0.2) is 60.7 Å². The first kappa shape index (κ1) is 22.7. The fourth-order valence-electron chi connectivity index (χ4n) is 2.98. The molecule has 31 heavy (non-hydrogen) atoms. The van der Waals surface area contributed by atoms with Crippen LogP contribution in [0.3, 0.4) is 0 Å². The number of rotatable bonds is 7. The minimum atomic E-state index is -4.71. The molecular weight excluding hydrogens is 431 g/mol. The van der Waals surface area contributed by atoms with Gasteiger partial charge >= 0.3 is 6.18 Å².